The van der Waals surface area contributed by atoms with Crippen molar-refractivity contribution in [3.05, 3.63) is 82.9 Å². The minimum atomic E-state index is -0.0306. The third-order valence-electron chi connectivity index (χ3n) is 4.96. The van der Waals surface area contributed by atoms with Gasteiger partial charge in [0.2, 0.25) is 0 Å². The van der Waals surface area contributed by atoms with Crippen molar-refractivity contribution in [3.63, 3.8) is 0 Å². The van der Waals surface area contributed by atoms with Gasteiger partial charge in [0.15, 0.2) is 0 Å². The van der Waals surface area contributed by atoms with E-state index in [0.717, 1.165) is 41.8 Å². The second-order valence-electron chi connectivity index (χ2n) is 7.02. The minimum Gasteiger partial charge on any atom is -0.348 e. The highest BCUT2D eigenvalue weighted by Crippen LogP contribution is 2.42. The van der Waals surface area contributed by atoms with E-state index >= 15 is 0 Å². The molecular formula is C22H24N4O. The lowest BCUT2D eigenvalue weighted by atomic mass is 10.1. The molecule has 0 atom stereocenters. The Morgan fingerprint density at radius 3 is 2.59 bits per heavy atom. The molecule has 0 bridgehead atoms. The lowest BCUT2D eigenvalue weighted by Gasteiger charge is -2.09. The molecule has 5 heteroatoms. The number of amides is 1. The lowest BCUT2D eigenvalue weighted by molar-refractivity contribution is 0.0949. The molecule has 0 saturated heterocycles. The van der Waals surface area contributed by atoms with Gasteiger partial charge >= 0.3 is 0 Å². The molecule has 1 aliphatic carbocycles. The zero-order chi connectivity index (χ0) is 18.6. The summed E-state index contributed by atoms with van der Waals surface area (Å²) in [7, 11) is 0. The van der Waals surface area contributed by atoms with Crippen LogP contribution < -0.4 is 5.32 Å². The zero-order valence-corrected chi connectivity index (χ0v) is 15.6. The van der Waals surface area contributed by atoms with Crippen molar-refractivity contribution < 1.29 is 4.79 Å². The van der Waals surface area contributed by atoms with Gasteiger partial charge in [-0.25, -0.2) is 0 Å². The van der Waals surface area contributed by atoms with Gasteiger partial charge in [0.1, 0.15) is 0 Å². The summed E-state index contributed by atoms with van der Waals surface area (Å²) in [6, 6.07) is 14.1. The van der Waals surface area contributed by atoms with Gasteiger partial charge in [-0.05, 0) is 36.5 Å². The molecule has 5 nitrogen and oxygen atoms in total. The van der Waals surface area contributed by atoms with E-state index in [4.69, 9.17) is 5.10 Å². The van der Waals surface area contributed by atoms with Gasteiger partial charge < -0.3 is 5.32 Å². The monoisotopic (exact) mass is 360 g/mol. The third kappa shape index (κ3) is 3.92. The van der Waals surface area contributed by atoms with Crippen molar-refractivity contribution in [1.82, 2.24) is 20.1 Å². The second-order valence-corrected chi connectivity index (χ2v) is 7.02. The third-order valence-corrected chi connectivity index (χ3v) is 4.96. The SMILES string of the molecule is CCc1c(C(=O)NCc2cccnc2)c(C2CC2)nn1Cc1ccccc1. The Hall–Kier alpha value is -2.95. The Balaban J connectivity index is 1.61. The van der Waals surface area contributed by atoms with Crippen LogP contribution in [0.1, 0.15) is 58.6 Å². The molecule has 27 heavy (non-hydrogen) atoms. The predicted molar refractivity (Wildman–Crippen MR) is 105 cm³/mol. The molecule has 4 rings (SSSR count). The van der Waals surface area contributed by atoms with Crippen molar-refractivity contribution >= 4 is 5.91 Å². The number of carbonyl (C=O) groups excluding carboxylic acids is 1. The molecule has 3 aromatic rings. The van der Waals surface area contributed by atoms with Crippen LogP contribution in [0, 0.1) is 0 Å². The fourth-order valence-corrected chi connectivity index (χ4v) is 3.43. The van der Waals surface area contributed by atoms with Crippen LogP contribution in [0.15, 0.2) is 54.9 Å². The topological polar surface area (TPSA) is 59.8 Å². The number of nitrogens with one attached hydrogen (secondary N) is 1. The predicted octanol–water partition coefficient (Wildman–Crippen LogP) is 3.70. The molecule has 1 fully saturated rings. The Morgan fingerprint density at radius 1 is 1.15 bits per heavy atom. The van der Waals surface area contributed by atoms with E-state index in [2.05, 4.69) is 29.4 Å². The molecule has 0 radical (unpaired) electrons. The fourth-order valence-electron chi connectivity index (χ4n) is 3.43. The van der Waals surface area contributed by atoms with Crippen molar-refractivity contribution in [2.45, 2.75) is 45.2 Å². The first kappa shape index (κ1) is 17.5. The molecule has 1 amide bonds. The first-order chi connectivity index (χ1) is 13.3. The number of carbonyl (C=O) groups is 1. The van der Waals surface area contributed by atoms with Gasteiger partial charge in [0.25, 0.3) is 5.91 Å². The molecule has 0 unspecified atom stereocenters. The summed E-state index contributed by atoms with van der Waals surface area (Å²) in [6.07, 6.45) is 6.53. The van der Waals surface area contributed by atoms with Gasteiger partial charge in [0.05, 0.1) is 23.5 Å². The summed E-state index contributed by atoms with van der Waals surface area (Å²) in [6.45, 7) is 3.26. The Kier molecular flexibility index (Phi) is 5.01. The highest BCUT2D eigenvalue weighted by Gasteiger charge is 2.34. The first-order valence-corrected chi connectivity index (χ1v) is 9.57. The van der Waals surface area contributed by atoms with E-state index in [0.29, 0.717) is 19.0 Å². The number of hydrogen-bond acceptors (Lipinski definition) is 3. The molecule has 1 aromatic carbocycles. The number of aromatic nitrogens is 3. The maximum atomic E-state index is 13.0. The number of pyridine rings is 1. The minimum absolute atomic E-state index is 0.0306. The average Bonchev–Trinajstić information content (AvgIpc) is 3.49. The van der Waals surface area contributed by atoms with E-state index in [1.807, 2.05) is 35.0 Å². The van der Waals surface area contributed by atoms with Crippen molar-refractivity contribution in [3.8, 4) is 0 Å². The van der Waals surface area contributed by atoms with E-state index in [-0.39, 0.29) is 5.91 Å². The van der Waals surface area contributed by atoms with Crippen LogP contribution in [-0.2, 0) is 19.5 Å². The van der Waals surface area contributed by atoms with E-state index in [1.165, 1.54) is 5.56 Å². The molecule has 138 valence electrons. The maximum absolute atomic E-state index is 13.0. The Morgan fingerprint density at radius 2 is 1.93 bits per heavy atom. The fraction of sp³-hybridized carbons (Fsp3) is 0.318. The molecular weight excluding hydrogens is 336 g/mol. The van der Waals surface area contributed by atoms with Gasteiger partial charge in [0, 0.05) is 24.9 Å². The van der Waals surface area contributed by atoms with Gasteiger partial charge in [-0.15, -0.1) is 0 Å². The number of benzene rings is 1. The zero-order valence-electron chi connectivity index (χ0n) is 15.6. The standard InChI is InChI=1S/C22H24N4O/c1-2-19-20(22(27)24-14-17-9-6-12-23-13-17)21(18-10-11-18)25-26(19)15-16-7-4-3-5-8-16/h3-9,12-13,18H,2,10-11,14-15H2,1H3,(H,24,27). The van der Waals surface area contributed by atoms with Crippen LogP contribution in [0.3, 0.4) is 0 Å². The van der Waals surface area contributed by atoms with Gasteiger partial charge in [-0.2, -0.15) is 5.10 Å². The van der Waals surface area contributed by atoms with Crippen molar-refractivity contribution in [2.75, 3.05) is 0 Å². The normalized spacial score (nSPS) is 13.5. The average molecular weight is 360 g/mol. The van der Waals surface area contributed by atoms with E-state index in [9.17, 15) is 4.79 Å². The molecule has 1 N–H and O–H groups in total. The number of hydrogen-bond donors (Lipinski definition) is 1. The van der Waals surface area contributed by atoms with Crippen LogP contribution in [-0.4, -0.2) is 20.7 Å². The van der Waals surface area contributed by atoms with E-state index < -0.39 is 0 Å². The van der Waals surface area contributed by atoms with Gasteiger partial charge in [-0.1, -0.05) is 43.3 Å². The van der Waals surface area contributed by atoms with Crippen LogP contribution in [0.4, 0.5) is 0 Å². The van der Waals surface area contributed by atoms with Crippen molar-refractivity contribution in [2.24, 2.45) is 0 Å². The van der Waals surface area contributed by atoms with Crippen LogP contribution in [0.2, 0.25) is 0 Å². The quantitative estimate of drug-likeness (QED) is 0.699. The number of rotatable bonds is 7. The summed E-state index contributed by atoms with van der Waals surface area (Å²) in [5, 5.41) is 7.92. The molecule has 0 aliphatic heterocycles. The molecule has 2 heterocycles. The molecule has 2 aromatic heterocycles. The molecule has 1 saturated carbocycles. The Bertz CT molecular complexity index is 914. The molecule has 1 aliphatic rings. The van der Waals surface area contributed by atoms with E-state index in [1.54, 1.807) is 12.4 Å². The summed E-state index contributed by atoms with van der Waals surface area (Å²) in [4.78, 5) is 17.1. The maximum Gasteiger partial charge on any atom is 0.255 e. The Labute approximate surface area is 159 Å². The van der Waals surface area contributed by atoms with Crippen LogP contribution >= 0.6 is 0 Å². The van der Waals surface area contributed by atoms with Crippen molar-refractivity contribution in [1.29, 1.82) is 0 Å². The largest absolute Gasteiger partial charge is 0.348 e. The van der Waals surface area contributed by atoms with Crippen LogP contribution in [0.5, 0.6) is 0 Å². The summed E-state index contributed by atoms with van der Waals surface area (Å²) < 4.78 is 2.02. The van der Waals surface area contributed by atoms with Gasteiger partial charge in [-0.3, -0.25) is 14.5 Å². The lowest BCUT2D eigenvalue weighted by Crippen LogP contribution is -2.25. The second kappa shape index (κ2) is 7.74. The molecule has 0 spiro atoms. The van der Waals surface area contributed by atoms with Crippen LogP contribution in [0.25, 0.3) is 0 Å². The first-order valence-electron chi connectivity index (χ1n) is 9.57. The smallest absolute Gasteiger partial charge is 0.255 e. The summed E-state index contributed by atoms with van der Waals surface area (Å²) in [5.74, 6) is 0.392. The highest BCUT2D eigenvalue weighted by atomic mass is 16.1. The highest BCUT2D eigenvalue weighted by molar-refractivity contribution is 5.96. The number of nitrogens with zero attached hydrogens (tertiary/aromatic N) is 3. The summed E-state index contributed by atoms with van der Waals surface area (Å²) in [5.41, 5.74) is 4.95. The summed E-state index contributed by atoms with van der Waals surface area (Å²) >= 11 is 0.